The van der Waals surface area contributed by atoms with Crippen molar-refractivity contribution in [2.24, 2.45) is 0 Å². The highest BCUT2D eigenvalue weighted by Gasteiger charge is 2.52. The summed E-state index contributed by atoms with van der Waals surface area (Å²) in [5.41, 5.74) is 0.637. The summed E-state index contributed by atoms with van der Waals surface area (Å²) in [5.74, 6) is -2.58. The van der Waals surface area contributed by atoms with Gasteiger partial charge in [-0.15, -0.1) is 0 Å². The molecule has 0 radical (unpaired) electrons. The van der Waals surface area contributed by atoms with Crippen LogP contribution < -0.4 is 5.32 Å². The zero-order chi connectivity index (χ0) is 22.3. The molecular formula is C20H25NO9. The van der Waals surface area contributed by atoms with Gasteiger partial charge in [0.15, 0.2) is 24.5 Å². The molecule has 1 aliphatic rings. The van der Waals surface area contributed by atoms with Gasteiger partial charge in [0.1, 0.15) is 12.7 Å². The topological polar surface area (TPSA) is 126 Å². The Balaban J connectivity index is 2.42. The number of ether oxygens (including phenoxy) is 5. The van der Waals surface area contributed by atoms with E-state index in [2.05, 4.69) is 5.32 Å². The predicted octanol–water partition coefficient (Wildman–Crippen LogP) is 1.18. The molecule has 0 aromatic heterocycles. The molecule has 0 unspecified atom stereocenters. The number of carbonyl (C=O) groups is 4. The third-order valence-corrected chi connectivity index (χ3v) is 4.07. The maximum absolute atomic E-state index is 11.8. The first-order chi connectivity index (χ1) is 14.2. The van der Waals surface area contributed by atoms with Crippen LogP contribution in [0.25, 0.3) is 0 Å². The summed E-state index contributed by atoms with van der Waals surface area (Å²) in [6.07, 6.45) is -5.51. The van der Waals surface area contributed by atoms with Crippen LogP contribution in [-0.2, 0) is 42.9 Å². The molecule has 1 fully saturated rings. The third-order valence-electron chi connectivity index (χ3n) is 4.07. The lowest BCUT2D eigenvalue weighted by Gasteiger charge is -2.44. The van der Waals surface area contributed by atoms with E-state index in [-0.39, 0.29) is 6.61 Å². The summed E-state index contributed by atoms with van der Waals surface area (Å²) in [6, 6.07) is 8.90. The Morgan fingerprint density at radius 1 is 0.800 bits per heavy atom. The lowest BCUT2D eigenvalue weighted by atomic mass is 9.97. The maximum atomic E-state index is 11.8. The van der Waals surface area contributed by atoms with Crippen molar-refractivity contribution in [2.75, 3.05) is 11.9 Å². The summed E-state index contributed by atoms with van der Waals surface area (Å²) in [7, 11) is 0. The van der Waals surface area contributed by atoms with Crippen LogP contribution in [0.3, 0.4) is 0 Å². The molecule has 10 heteroatoms. The Bertz CT molecular complexity index is 767. The van der Waals surface area contributed by atoms with Gasteiger partial charge in [-0.25, -0.2) is 0 Å². The molecule has 2 rings (SSSR count). The Hall–Kier alpha value is -3.14. The lowest BCUT2D eigenvalue weighted by molar-refractivity contribution is -0.247. The number of hydrogen-bond donors (Lipinski definition) is 1. The fourth-order valence-electron chi connectivity index (χ4n) is 3.04. The van der Waals surface area contributed by atoms with Crippen LogP contribution in [0.4, 0.5) is 5.69 Å². The Morgan fingerprint density at radius 3 is 1.87 bits per heavy atom. The van der Waals surface area contributed by atoms with E-state index in [1.807, 2.05) is 6.07 Å². The number of hydrogen-bond acceptors (Lipinski definition) is 10. The Labute approximate surface area is 173 Å². The van der Waals surface area contributed by atoms with Gasteiger partial charge in [0.2, 0.25) is 0 Å². The summed E-state index contributed by atoms with van der Waals surface area (Å²) in [6.45, 7) is 4.48. The van der Waals surface area contributed by atoms with Gasteiger partial charge in [-0.3, -0.25) is 19.2 Å². The molecule has 0 bridgehead atoms. The second-order valence-electron chi connectivity index (χ2n) is 6.63. The summed E-state index contributed by atoms with van der Waals surface area (Å²) in [4.78, 5) is 46.5. The predicted molar refractivity (Wildman–Crippen MR) is 102 cm³/mol. The second kappa shape index (κ2) is 10.6. The molecule has 1 N–H and O–H groups in total. The molecule has 1 aromatic carbocycles. The van der Waals surface area contributed by atoms with Gasteiger partial charge < -0.3 is 29.0 Å². The van der Waals surface area contributed by atoms with E-state index in [4.69, 9.17) is 23.7 Å². The minimum absolute atomic E-state index is 0.273. The van der Waals surface area contributed by atoms with Crippen molar-refractivity contribution in [3.63, 3.8) is 0 Å². The smallest absolute Gasteiger partial charge is 0.303 e. The normalized spacial score (nSPS) is 25.5. The van der Waals surface area contributed by atoms with Gasteiger partial charge in [0.05, 0.1) is 0 Å². The quantitative estimate of drug-likeness (QED) is 0.504. The minimum atomic E-state index is -1.20. The molecule has 5 atom stereocenters. The minimum Gasteiger partial charge on any atom is -0.463 e. The van der Waals surface area contributed by atoms with Gasteiger partial charge in [0, 0.05) is 33.4 Å². The molecule has 1 saturated heterocycles. The number of anilines is 1. The summed E-state index contributed by atoms with van der Waals surface area (Å²) >= 11 is 0. The van der Waals surface area contributed by atoms with Crippen LogP contribution in [0.5, 0.6) is 0 Å². The van der Waals surface area contributed by atoms with Crippen molar-refractivity contribution < 1.29 is 42.9 Å². The van der Waals surface area contributed by atoms with Crippen LogP contribution in [-0.4, -0.2) is 61.1 Å². The standard InChI is InChI=1S/C20H25NO9/c1-11(22)26-10-16-17(27-12(2)23)18(28-13(3)24)19(29-14(4)25)20(30-16)21-15-8-6-5-7-9-15/h5-9,16-21H,10H2,1-4H3/t16-,17-,18-,19-,20+/m0/s1. The van der Waals surface area contributed by atoms with E-state index >= 15 is 0 Å². The average Bonchev–Trinajstić information content (AvgIpc) is 2.64. The largest absolute Gasteiger partial charge is 0.463 e. The van der Waals surface area contributed by atoms with Crippen molar-refractivity contribution in [1.82, 2.24) is 0 Å². The first kappa shape index (κ1) is 23.1. The van der Waals surface area contributed by atoms with Gasteiger partial charge >= 0.3 is 23.9 Å². The average molecular weight is 423 g/mol. The number of para-hydroxylation sites is 1. The van der Waals surface area contributed by atoms with E-state index in [0.29, 0.717) is 5.69 Å². The molecular weight excluding hydrogens is 398 g/mol. The molecule has 0 saturated carbocycles. The van der Waals surface area contributed by atoms with Crippen molar-refractivity contribution in [1.29, 1.82) is 0 Å². The Kier molecular flexibility index (Phi) is 8.16. The molecule has 0 aliphatic carbocycles. The maximum Gasteiger partial charge on any atom is 0.303 e. The van der Waals surface area contributed by atoms with Gasteiger partial charge in [-0.05, 0) is 12.1 Å². The van der Waals surface area contributed by atoms with E-state index in [9.17, 15) is 19.2 Å². The van der Waals surface area contributed by atoms with Gasteiger partial charge in [-0.1, -0.05) is 18.2 Å². The number of carbonyl (C=O) groups excluding carboxylic acids is 4. The highest BCUT2D eigenvalue weighted by Crippen LogP contribution is 2.30. The number of esters is 4. The third kappa shape index (κ3) is 6.73. The first-order valence-electron chi connectivity index (χ1n) is 9.29. The molecule has 0 spiro atoms. The summed E-state index contributed by atoms with van der Waals surface area (Å²) in [5, 5.41) is 3.06. The zero-order valence-corrected chi connectivity index (χ0v) is 17.2. The van der Waals surface area contributed by atoms with Gasteiger partial charge in [0.25, 0.3) is 0 Å². The van der Waals surface area contributed by atoms with E-state index in [1.54, 1.807) is 24.3 Å². The fourth-order valence-corrected chi connectivity index (χ4v) is 3.04. The highest BCUT2D eigenvalue weighted by molar-refractivity contribution is 5.69. The number of rotatable bonds is 7. The van der Waals surface area contributed by atoms with Crippen molar-refractivity contribution in [3.8, 4) is 0 Å². The second-order valence-corrected chi connectivity index (χ2v) is 6.63. The lowest BCUT2D eigenvalue weighted by Crippen LogP contribution is -2.64. The fraction of sp³-hybridized carbons (Fsp3) is 0.500. The van der Waals surface area contributed by atoms with Crippen LogP contribution in [0.15, 0.2) is 30.3 Å². The van der Waals surface area contributed by atoms with E-state index in [1.165, 1.54) is 27.7 Å². The molecule has 0 amide bonds. The van der Waals surface area contributed by atoms with Crippen LogP contribution in [0, 0.1) is 0 Å². The highest BCUT2D eigenvalue weighted by atomic mass is 16.7. The van der Waals surface area contributed by atoms with E-state index < -0.39 is 54.5 Å². The number of benzene rings is 1. The van der Waals surface area contributed by atoms with Crippen LogP contribution >= 0.6 is 0 Å². The van der Waals surface area contributed by atoms with Crippen molar-refractivity contribution in [3.05, 3.63) is 30.3 Å². The molecule has 30 heavy (non-hydrogen) atoms. The number of nitrogens with one attached hydrogen (secondary N) is 1. The molecule has 164 valence electrons. The molecule has 1 heterocycles. The molecule has 1 aromatic rings. The van der Waals surface area contributed by atoms with Crippen LogP contribution in [0.2, 0.25) is 0 Å². The summed E-state index contributed by atoms with van der Waals surface area (Å²) < 4.78 is 27.0. The van der Waals surface area contributed by atoms with Crippen LogP contribution in [0.1, 0.15) is 27.7 Å². The monoisotopic (exact) mass is 423 g/mol. The van der Waals surface area contributed by atoms with Crippen molar-refractivity contribution in [2.45, 2.75) is 58.3 Å². The van der Waals surface area contributed by atoms with Crippen molar-refractivity contribution >= 4 is 29.6 Å². The molecule has 10 nitrogen and oxygen atoms in total. The first-order valence-corrected chi connectivity index (χ1v) is 9.29. The zero-order valence-electron chi connectivity index (χ0n) is 17.2. The van der Waals surface area contributed by atoms with Gasteiger partial charge in [-0.2, -0.15) is 0 Å². The SMILES string of the molecule is CC(=O)OC[C@@H]1O[C@@H](Nc2ccccc2)[C@@H](OC(C)=O)[C@@H](OC(C)=O)[C@H]1OC(C)=O. The van der Waals surface area contributed by atoms with E-state index in [0.717, 1.165) is 0 Å². The Morgan fingerprint density at radius 2 is 1.33 bits per heavy atom. The molecule has 1 aliphatic heterocycles.